The zero-order valence-corrected chi connectivity index (χ0v) is 5.65. The molecule has 56 valence electrons. The van der Waals surface area contributed by atoms with Crippen molar-refractivity contribution < 1.29 is 9.53 Å². The van der Waals surface area contributed by atoms with E-state index in [1.54, 1.807) is 0 Å². The van der Waals surface area contributed by atoms with Crippen molar-refractivity contribution in [2.45, 2.75) is 0 Å². The molecule has 0 atom stereocenters. The number of ether oxygens (including phenoxy) is 1. The summed E-state index contributed by atoms with van der Waals surface area (Å²) < 4.78 is 4.82. The Labute approximate surface area is 63.8 Å². The van der Waals surface area contributed by atoms with Gasteiger partial charge in [0.05, 0.1) is 0 Å². The molecule has 5 nitrogen and oxygen atoms in total. The quantitative estimate of drug-likeness (QED) is 0.223. The maximum absolute atomic E-state index is 10.8. The molecule has 0 aromatic rings. The van der Waals surface area contributed by atoms with Crippen LogP contribution in [0.4, 0.5) is 0 Å². The number of hydrogen-bond donors (Lipinski definition) is 2. The van der Waals surface area contributed by atoms with Gasteiger partial charge >= 0.3 is 62.9 Å². The molecule has 1 amide bonds. The second-order valence-electron chi connectivity index (χ2n) is 1.71. The van der Waals surface area contributed by atoms with Crippen molar-refractivity contribution in [2.75, 3.05) is 0 Å². The van der Waals surface area contributed by atoms with Gasteiger partial charge in [0.25, 0.3) is 0 Å². The van der Waals surface area contributed by atoms with E-state index in [1.807, 2.05) is 5.43 Å². The molecule has 1 heterocycles. The first-order valence-corrected chi connectivity index (χ1v) is 2.90. The van der Waals surface area contributed by atoms with E-state index in [-0.39, 0.29) is 5.76 Å². The van der Waals surface area contributed by atoms with Gasteiger partial charge in [0, 0.05) is 0 Å². The first-order chi connectivity index (χ1) is 5.34. The van der Waals surface area contributed by atoms with E-state index >= 15 is 0 Å². The standard InChI is InChI=1S/C5H6BN3O2/c7-9-5(10)4-3-6-8-1-2-11-4/h1-3H,7H2,(H,9,10). The summed E-state index contributed by atoms with van der Waals surface area (Å²) in [5.74, 6) is 5.92. The van der Waals surface area contributed by atoms with Gasteiger partial charge < -0.3 is 0 Å². The van der Waals surface area contributed by atoms with Crippen LogP contribution >= 0.6 is 0 Å². The fourth-order valence-corrected chi connectivity index (χ4v) is 0.539. The molecule has 1 rings (SSSR count). The number of nitrogens with zero attached hydrogens (tertiary/aromatic N) is 1. The summed E-state index contributed by atoms with van der Waals surface area (Å²) in [6, 6.07) is 0. The number of amides is 1. The van der Waals surface area contributed by atoms with Crippen LogP contribution in [0.25, 0.3) is 0 Å². The Hall–Kier alpha value is -1.43. The predicted molar refractivity (Wildman–Crippen MR) is 38.8 cm³/mol. The summed E-state index contributed by atoms with van der Waals surface area (Å²) in [4.78, 5) is 14.5. The van der Waals surface area contributed by atoms with Crippen molar-refractivity contribution in [3.63, 3.8) is 0 Å². The molecule has 0 saturated carbocycles. The van der Waals surface area contributed by atoms with E-state index in [2.05, 4.69) is 4.90 Å². The summed E-state index contributed by atoms with van der Waals surface area (Å²) >= 11 is 0. The van der Waals surface area contributed by atoms with Crippen LogP contribution in [0, 0.1) is 0 Å². The van der Waals surface area contributed by atoms with Gasteiger partial charge in [-0.25, -0.2) is 0 Å². The van der Waals surface area contributed by atoms with E-state index in [1.165, 1.54) is 25.5 Å². The van der Waals surface area contributed by atoms with Crippen molar-refractivity contribution in [1.82, 2.24) is 5.43 Å². The van der Waals surface area contributed by atoms with Gasteiger partial charge in [-0.3, -0.25) is 0 Å². The average Bonchev–Trinajstić information content (AvgIpc) is 2.30. The Morgan fingerprint density at radius 2 is 2.64 bits per heavy atom. The van der Waals surface area contributed by atoms with Gasteiger partial charge in [-0.2, -0.15) is 0 Å². The SMILES string of the molecule is NNC(=O)C1=CB=NC=CO1. The predicted octanol–water partition coefficient (Wildman–Crippen LogP) is -0.793. The molecule has 0 aromatic heterocycles. The molecular formula is C5H6BN3O2. The molecule has 3 N–H and O–H groups in total. The molecule has 0 unspecified atom stereocenters. The summed E-state index contributed by atoms with van der Waals surface area (Å²) in [5.41, 5.74) is 1.93. The number of carbonyl (C=O) groups excluding carboxylic acids is 1. The van der Waals surface area contributed by atoms with Gasteiger partial charge in [0.15, 0.2) is 0 Å². The van der Waals surface area contributed by atoms with Gasteiger partial charge in [-0.05, 0) is 0 Å². The third kappa shape index (κ3) is 2.01. The third-order valence-corrected chi connectivity index (χ3v) is 1.01. The van der Waals surface area contributed by atoms with Crippen LogP contribution in [0.1, 0.15) is 0 Å². The normalized spacial score (nSPS) is 14.1. The number of nitrogens with one attached hydrogen (secondary N) is 1. The van der Waals surface area contributed by atoms with Crippen LogP contribution in [0.3, 0.4) is 0 Å². The molecule has 11 heavy (non-hydrogen) atoms. The van der Waals surface area contributed by atoms with Crippen LogP contribution in [0.2, 0.25) is 0 Å². The molecule has 0 spiro atoms. The number of nitrogens with two attached hydrogens (primary N) is 1. The first kappa shape index (κ1) is 7.68. The molecule has 0 bridgehead atoms. The molecule has 0 saturated heterocycles. The minimum absolute atomic E-state index is 0.116. The van der Waals surface area contributed by atoms with E-state index in [4.69, 9.17) is 10.6 Å². The topological polar surface area (TPSA) is 76.7 Å². The molecule has 1 aliphatic heterocycles. The number of carbonyl (C=O) groups is 1. The third-order valence-electron chi connectivity index (χ3n) is 1.01. The van der Waals surface area contributed by atoms with Gasteiger partial charge in [-0.15, -0.1) is 0 Å². The van der Waals surface area contributed by atoms with Crippen molar-refractivity contribution in [2.24, 2.45) is 10.7 Å². The van der Waals surface area contributed by atoms with Crippen molar-refractivity contribution in [1.29, 1.82) is 0 Å². The summed E-state index contributed by atoms with van der Waals surface area (Å²) in [5, 5.41) is 0. The van der Waals surface area contributed by atoms with E-state index in [0.717, 1.165) is 0 Å². The summed E-state index contributed by atoms with van der Waals surface area (Å²) in [6.45, 7) is 0. The first-order valence-electron chi connectivity index (χ1n) is 2.90. The van der Waals surface area contributed by atoms with Crippen LogP contribution in [0.15, 0.2) is 29.1 Å². The second kappa shape index (κ2) is 3.67. The Morgan fingerprint density at radius 3 is 3.36 bits per heavy atom. The van der Waals surface area contributed by atoms with E-state index in [0.29, 0.717) is 0 Å². The Balaban J connectivity index is 2.72. The summed E-state index contributed by atoms with van der Waals surface area (Å²) in [7, 11) is 1.44. The van der Waals surface area contributed by atoms with Crippen molar-refractivity contribution in [3.8, 4) is 0 Å². The fraction of sp³-hybridized carbons (Fsp3) is 0. The molecule has 0 fully saturated rings. The molecule has 0 aromatic carbocycles. The Morgan fingerprint density at radius 1 is 1.82 bits per heavy atom. The fourth-order valence-electron chi connectivity index (χ4n) is 0.539. The summed E-state index contributed by atoms with van der Waals surface area (Å²) in [6.07, 6.45) is 2.72. The van der Waals surface area contributed by atoms with E-state index < -0.39 is 5.91 Å². The van der Waals surface area contributed by atoms with Crippen LogP contribution in [-0.4, -0.2) is 13.0 Å². The average molecular weight is 151 g/mol. The van der Waals surface area contributed by atoms with Crippen LogP contribution in [-0.2, 0) is 9.53 Å². The van der Waals surface area contributed by atoms with Crippen molar-refractivity contribution >= 4 is 13.0 Å². The van der Waals surface area contributed by atoms with Gasteiger partial charge in [0.1, 0.15) is 0 Å². The minimum atomic E-state index is -0.483. The van der Waals surface area contributed by atoms with E-state index in [9.17, 15) is 4.79 Å². The molecular weight excluding hydrogens is 145 g/mol. The van der Waals surface area contributed by atoms with Crippen molar-refractivity contribution in [3.05, 3.63) is 24.2 Å². The molecule has 0 radical (unpaired) electrons. The molecule has 1 aliphatic rings. The number of rotatable bonds is 1. The zero-order chi connectivity index (χ0) is 8.10. The van der Waals surface area contributed by atoms with Gasteiger partial charge in [0.2, 0.25) is 0 Å². The van der Waals surface area contributed by atoms with Gasteiger partial charge in [-0.1, -0.05) is 0 Å². The zero-order valence-electron chi connectivity index (χ0n) is 5.65. The van der Waals surface area contributed by atoms with Crippen LogP contribution in [0.5, 0.6) is 0 Å². The Kier molecular flexibility index (Phi) is 2.56. The maximum atomic E-state index is 10.8. The Bertz CT molecular complexity index is 246. The molecule has 6 heteroatoms. The van der Waals surface area contributed by atoms with Crippen LogP contribution < -0.4 is 11.3 Å². The second-order valence-corrected chi connectivity index (χ2v) is 1.71. The number of hydrogen-bond acceptors (Lipinski definition) is 4. The molecule has 0 aliphatic carbocycles. The number of hydrazine groups is 1. The monoisotopic (exact) mass is 151 g/mol.